The summed E-state index contributed by atoms with van der Waals surface area (Å²) in [5.41, 5.74) is 0.274. The maximum absolute atomic E-state index is 12.8. The minimum Gasteiger partial charge on any atom is -0.381 e. The maximum atomic E-state index is 12.8. The average molecular weight is 317 g/mol. The smallest absolute Gasteiger partial charge is 0.341 e. The van der Waals surface area contributed by atoms with E-state index in [0.29, 0.717) is 5.92 Å². The van der Waals surface area contributed by atoms with Crippen LogP contribution >= 0.6 is 0 Å². The molecule has 0 bridgehead atoms. The van der Waals surface area contributed by atoms with Crippen LogP contribution in [0.5, 0.6) is 0 Å². The largest absolute Gasteiger partial charge is 0.381 e. The Morgan fingerprint density at radius 3 is 2.38 bits per heavy atom. The average Bonchev–Trinajstić information content (AvgIpc) is 2.48. The molecule has 0 radical (unpaired) electrons. The molecule has 1 aromatic rings. The summed E-state index contributed by atoms with van der Waals surface area (Å²) in [6.07, 6.45) is 5.77. The number of para-hydroxylation sites is 1. The molecule has 1 N–H and O–H groups in total. The van der Waals surface area contributed by atoms with Crippen LogP contribution in [0, 0.1) is 5.92 Å². The molecule has 0 amide bonds. The second-order valence-electron chi connectivity index (χ2n) is 5.63. The van der Waals surface area contributed by atoms with Crippen molar-refractivity contribution < 1.29 is 17.2 Å². The van der Waals surface area contributed by atoms with Gasteiger partial charge in [0, 0.05) is 6.04 Å². The van der Waals surface area contributed by atoms with E-state index < -0.39 is 15.6 Å². The molecule has 0 aliphatic heterocycles. The molecule has 1 unspecified atom stereocenters. The second-order valence-corrected chi connectivity index (χ2v) is 7.52. The molecule has 0 aromatic heterocycles. The number of nitrogens with one attached hydrogen (secondary N) is 1. The van der Waals surface area contributed by atoms with Crippen molar-refractivity contribution in [2.75, 3.05) is 5.32 Å². The van der Waals surface area contributed by atoms with Gasteiger partial charge in [-0.25, -0.2) is 8.42 Å². The Morgan fingerprint density at radius 1 is 1.14 bits per heavy atom. The Morgan fingerprint density at radius 2 is 1.76 bits per heavy atom. The standard InChI is InChI=1S/C15H21F2NO2S/c1-11(12-7-3-2-4-8-12)18-13-9-5-6-10-14(13)21(19,20)15(16)17/h5-6,9-12,15,18H,2-4,7-8H2,1H3. The molecule has 0 spiro atoms. The number of halogens is 2. The lowest BCUT2D eigenvalue weighted by atomic mass is 9.84. The number of hydrogen-bond donors (Lipinski definition) is 1. The lowest BCUT2D eigenvalue weighted by Crippen LogP contribution is -2.28. The lowest BCUT2D eigenvalue weighted by molar-refractivity contribution is 0.235. The number of rotatable bonds is 5. The SMILES string of the molecule is CC(Nc1ccccc1S(=O)(=O)C(F)F)C1CCCCC1. The predicted molar refractivity (Wildman–Crippen MR) is 79.3 cm³/mol. The number of hydrogen-bond acceptors (Lipinski definition) is 3. The molecule has 1 fully saturated rings. The summed E-state index contributed by atoms with van der Waals surface area (Å²) >= 11 is 0. The molecule has 1 aliphatic carbocycles. The molecule has 1 aliphatic rings. The molecule has 21 heavy (non-hydrogen) atoms. The van der Waals surface area contributed by atoms with Gasteiger partial charge in [0.15, 0.2) is 0 Å². The van der Waals surface area contributed by atoms with Gasteiger partial charge in [-0.15, -0.1) is 0 Å². The Balaban J connectivity index is 2.20. The monoisotopic (exact) mass is 317 g/mol. The van der Waals surface area contributed by atoms with Crippen molar-refractivity contribution in [3.8, 4) is 0 Å². The molecule has 3 nitrogen and oxygen atoms in total. The number of benzene rings is 1. The van der Waals surface area contributed by atoms with Gasteiger partial charge in [0.1, 0.15) is 0 Å². The zero-order chi connectivity index (χ0) is 15.5. The van der Waals surface area contributed by atoms with Gasteiger partial charge in [-0.1, -0.05) is 31.4 Å². The normalized spacial score (nSPS) is 18.7. The fourth-order valence-electron chi connectivity index (χ4n) is 2.93. The first kappa shape index (κ1) is 16.2. The fourth-order valence-corrected chi connectivity index (χ4v) is 3.82. The van der Waals surface area contributed by atoms with Gasteiger partial charge in [-0.3, -0.25) is 0 Å². The van der Waals surface area contributed by atoms with Crippen LogP contribution in [0.25, 0.3) is 0 Å². The van der Waals surface area contributed by atoms with E-state index in [2.05, 4.69) is 5.32 Å². The Kier molecular flexibility index (Phi) is 5.19. The van der Waals surface area contributed by atoms with Crippen molar-refractivity contribution in [1.82, 2.24) is 0 Å². The van der Waals surface area contributed by atoms with Crippen LogP contribution in [-0.4, -0.2) is 20.2 Å². The van der Waals surface area contributed by atoms with Crippen LogP contribution in [0.15, 0.2) is 29.2 Å². The highest BCUT2D eigenvalue weighted by Crippen LogP contribution is 2.31. The summed E-state index contributed by atoms with van der Waals surface area (Å²) in [5.74, 6) is -2.94. The van der Waals surface area contributed by atoms with Crippen LogP contribution in [0.1, 0.15) is 39.0 Å². The van der Waals surface area contributed by atoms with E-state index in [1.807, 2.05) is 6.92 Å². The lowest BCUT2D eigenvalue weighted by Gasteiger charge is -2.29. The van der Waals surface area contributed by atoms with Gasteiger partial charge in [0.25, 0.3) is 0 Å². The minimum absolute atomic E-state index is 0.0688. The Bertz CT molecular complexity index is 569. The van der Waals surface area contributed by atoms with Crippen molar-refractivity contribution in [2.24, 2.45) is 5.92 Å². The molecule has 1 saturated carbocycles. The molecule has 118 valence electrons. The third kappa shape index (κ3) is 3.73. The first-order valence-electron chi connectivity index (χ1n) is 7.30. The highest BCUT2D eigenvalue weighted by Gasteiger charge is 2.30. The molecule has 1 aromatic carbocycles. The van der Waals surface area contributed by atoms with Crippen molar-refractivity contribution in [3.63, 3.8) is 0 Å². The highest BCUT2D eigenvalue weighted by atomic mass is 32.2. The van der Waals surface area contributed by atoms with Gasteiger partial charge in [-0.05, 0) is 37.8 Å². The highest BCUT2D eigenvalue weighted by molar-refractivity contribution is 7.91. The zero-order valence-electron chi connectivity index (χ0n) is 12.1. The topological polar surface area (TPSA) is 46.2 Å². The van der Waals surface area contributed by atoms with Crippen molar-refractivity contribution >= 4 is 15.5 Å². The Hall–Kier alpha value is -1.17. The fraction of sp³-hybridized carbons (Fsp3) is 0.600. The second kappa shape index (κ2) is 6.73. The molecular formula is C15H21F2NO2S. The number of alkyl halides is 2. The zero-order valence-corrected chi connectivity index (χ0v) is 12.9. The van der Waals surface area contributed by atoms with Crippen LogP contribution in [-0.2, 0) is 9.84 Å². The predicted octanol–water partition coefficient (Wildman–Crippen LogP) is 4.06. The first-order valence-corrected chi connectivity index (χ1v) is 8.85. The van der Waals surface area contributed by atoms with E-state index in [1.165, 1.54) is 31.4 Å². The Labute approximate surface area is 124 Å². The quantitative estimate of drug-likeness (QED) is 0.890. The molecule has 1 atom stereocenters. The van der Waals surface area contributed by atoms with Crippen molar-refractivity contribution in [2.45, 2.75) is 55.7 Å². The van der Waals surface area contributed by atoms with Gasteiger partial charge in [0.2, 0.25) is 9.84 Å². The summed E-state index contributed by atoms with van der Waals surface area (Å²) in [5, 5.41) is 3.13. The molecule has 2 rings (SSSR count). The van der Waals surface area contributed by atoms with E-state index in [0.717, 1.165) is 12.8 Å². The molecular weight excluding hydrogens is 296 g/mol. The summed E-state index contributed by atoms with van der Waals surface area (Å²) in [7, 11) is -4.58. The van der Waals surface area contributed by atoms with Crippen LogP contribution in [0.2, 0.25) is 0 Å². The number of sulfone groups is 1. The van der Waals surface area contributed by atoms with E-state index in [1.54, 1.807) is 12.1 Å². The van der Waals surface area contributed by atoms with Gasteiger partial charge < -0.3 is 5.32 Å². The molecule has 6 heteroatoms. The van der Waals surface area contributed by atoms with Crippen LogP contribution in [0.4, 0.5) is 14.5 Å². The molecule has 0 heterocycles. The summed E-state index contributed by atoms with van der Waals surface area (Å²) in [6.45, 7) is 1.99. The van der Waals surface area contributed by atoms with Crippen molar-refractivity contribution in [3.05, 3.63) is 24.3 Å². The van der Waals surface area contributed by atoms with E-state index >= 15 is 0 Å². The first-order chi connectivity index (χ1) is 9.93. The van der Waals surface area contributed by atoms with Gasteiger partial charge in [0.05, 0.1) is 10.6 Å². The van der Waals surface area contributed by atoms with E-state index in [-0.39, 0.29) is 16.6 Å². The van der Waals surface area contributed by atoms with Crippen LogP contribution < -0.4 is 5.32 Å². The van der Waals surface area contributed by atoms with Crippen LogP contribution in [0.3, 0.4) is 0 Å². The van der Waals surface area contributed by atoms with Gasteiger partial charge in [-0.2, -0.15) is 8.78 Å². The number of anilines is 1. The van der Waals surface area contributed by atoms with E-state index in [4.69, 9.17) is 0 Å². The maximum Gasteiger partial charge on any atom is 0.341 e. The van der Waals surface area contributed by atoms with Crippen molar-refractivity contribution in [1.29, 1.82) is 0 Å². The third-order valence-corrected chi connectivity index (χ3v) is 5.61. The van der Waals surface area contributed by atoms with Gasteiger partial charge >= 0.3 is 5.76 Å². The third-order valence-electron chi connectivity index (χ3n) is 4.17. The minimum atomic E-state index is -4.58. The van der Waals surface area contributed by atoms with E-state index in [9.17, 15) is 17.2 Å². The summed E-state index contributed by atoms with van der Waals surface area (Å²) in [4.78, 5) is -0.317. The summed E-state index contributed by atoms with van der Waals surface area (Å²) < 4.78 is 49.0. The summed E-state index contributed by atoms with van der Waals surface area (Å²) in [6, 6.07) is 5.97. The molecule has 0 saturated heterocycles.